The monoisotopic (exact) mass is 350 g/mol. The molecule has 0 spiro atoms. The number of rotatable bonds is 5. The standard InChI is InChI=1S/C19H22N6O/c1-12-13-5-3-6-14(13)22-18(21-12)8-9-20-19(26)16-11-15(23-24-16)17-7-4-10-25(17)2/h4,7,10-11H,3,5-6,8-9H2,1-2H3,(H,20,26)(H,23,24). The number of aryl methyl sites for hydroxylation is 3. The van der Waals surface area contributed by atoms with E-state index in [9.17, 15) is 4.79 Å². The van der Waals surface area contributed by atoms with Gasteiger partial charge in [0.05, 0.1) is 5.69 Å². The van der Waals surface area contributed by atoms with Gasteiger partial charge in [-0.15, -0.1) is 0 Å². The summed E-state index contributed by atoms with van der Waals surface area (Å²) in [6.45, 7) is 2.54. The van der Waals surface area contributed by atoms with Crippen molar-refractivity contribution >= 4 is 5.91 Å². The van der Waals surface area contributed by atoms with Crippen LogP contribution in [-0.4, -0.2) is 37.2 Å². The smallest absolute Gasteiger partial charge is 0.269 e. The predicted octanol–water partition coefficient (Wildman–Crippen LogP) is 1.97. The Balaban J connectivity index is 1.37. The van der Waals surface area contributed by atoms with Crippen molar-refractivity contribution in [1.29, 1.82) is 0 Å². The number of aromatic nitrogens is 5. The van der Waals surface area contributed by atoms with Crippen molar-refractivity contribution < 1.29 is 4.79 Å². The van der Waals surface area contributed by atoms with Crippen LogP contribution in [-0.2, 0) is 26.3 Å². The van der Waals surface area contributed by atoms with Gasteiger partial charge >= 0.3 is 0 Å². The molecular weight excluding hydrogens is 328 g/mol. The molecule has 0 unspecified atom stereocenters. The van der Waals surface area contributed by atoms with Crippen LogP contribution in [0, 0.1) is 6.92 Å². The molecule has 0 aromatic carbocycles. The highest BCUT2D eigenvalue weighted by atomic mass is 16.1. The van der Waals surface area contributed by atoms with Gasteiger partial charge in [-0.1, -0.05) is 0 Å². The van der Waals surface area contributed by atoms with Crippen LogP contribution in [0.3, 0.4) is 0 Å². The van der Waals surface area contributed by atoms with Crippen molar-refractivity contribution in [3.8, 4) is 11.4 Å². The summed E-state index contributed by atoms with van der Waals surface area (Å²) < 4.78 is 1.96. The molecule has 2 N–H and O–H groups in total. The van der Waals surface area contributed by atoms with E-state index in [0.717, 1.165) is 42.2 Å². The van der Waals surface area contributed by atoms with E-state index in [2.05, 4.69) is 25.5 Å². The molecule has 1 aliphatic rings. The lowest BCUT2D eigenvalue weighted by molar-refractivity contribution is 0.0949. The molecule has 3 aromatic rings. The van der Waals surface area contributed by atoms with E-state index in [1.807, 2.05) is 36.9 Å². The van der Waals surface area contributed by atoms with Crippen molar-refractivity contribution in [1.82, 2.24) is 30.0 Å². The minimum absolute atomic E-state index is 0.171. The van der Waals surface area contributed by atoms with Gasteiger partial charge in [0.1, 0.15) is 17.2 Å². The van der Waals surface area contributed by atoms with Gasteiger partial charge in [-0.05, 0) is 49.9 Å². The molecule has 0 atom stereocenters. The Morgan fingerprint density at radius 2 is 2.23 bits per heavy atom. The zero-order valence-corrected chi connectivity index (χ0v) is 15.0. The summed E-state index contributed by atoms with van der Waals surface area (Å²) >= 11 is 0. The first-order chi connectivity index (χ1) is 12.6. The number of fused-ring (bicyclic) bond motifs is 1. The van der Waals surface area contributed by atoms with Crippen molar-refractivity contribution in [2.24, 2.45) is 7.05 Å². The molecule has 1 amide bonds. The summed E-state index contributed by atoms with van der Waals surface area (Å²) in [5, 5.41) is 9.94. The highest BCUT2D eigenvalue weighted by Crippen LogP contribution is 2.22. The summed E-state index contributed by atoms with van der Waals surface area (Å²) in [6.07, 6.45) is 5.85. The van der Waals surface area contributed by atoms with Crippen LogP contribution in [0.1, 0.15) is 39.7 Å². The normalized spacial score (nSPS) is 13.0. The van der Waals surface area contributed by atoms with E-state index in [-0.39, 0.29) is 5.91 Å². The lowest BCUT2D eigenvalue weighted by atomic mass is 10.2. The average molecular weight is 350 g/mol. The van der Waals surface area contributed by atoms with E-state index >= 15 is 0 Å². The Hall–Kier alpha value is -2.96. The summed E-state index contributed by atoms with van der Waals surface area (Å²) in [4.78, 5) is 21.5. The fourth-order valence-corrected chi connectivity index (χ4v) is 3.47. The van der Waals surface area contributed by atoms with Gasteiger partial charge in [0, 0.05) is 37.6 Å². The third-order valence-corrected chi connectivity index (χ3v) is 4.85. The van der Waals surface area contributed by atoms with Crippen LogP contribution in [0.2, 0.25) is 0 Å². The van der Waals surface area contributed by atoms with Crippen molar-refractivity contribution in [3.05, 3.63) is 52.9 Å². The number of H-pyrrole nitrogens is 1. The highest BCUT2D eigenvalue weighted by molar-refractivity contribution is 5.93. The second kappa shape index (κ2) is 6.74. The Labute approximate surface area is 151 Å². The van der Waals surface area contributed by atoms with E-state index in [1.54, 1.807) is 6.07 Å². The van der Waals surface area contributed by atoms with Gasteiger partial charge in [0.25, 0.3) is 5.91 Å². The summed E-state index contributed by atoms with van der Waals surface area (Å²) in [5.74, 6) is 0.633. The maximum absolute atomic E-state index is 12.3. The zero-order chi connectivity index (χ0) is 18.1. The van der Waals surface area contributed by atoms with E-state index < -0.39 is 0 Å². The molecule has 1 aliphatic carbocycles. The molecule has 0 radical (unpaired) electrons. The van der Waals surface area contributed by atoms with Crippen LogP contribution in [0.5, 0.6) is 0 Å². The van der Waals surface area contributed by atoms with Crippen LogP contribution < -0.4 is 5.32 Å². The number of hydrogen-bond donors (Lipinski definition) is 2. The minimum Gasteiger partial charge on any atom is -0.350 e. The van der Waals surface area contributed by atoms with Crippen LogP contribution in [0.15, 0.2) is 24.4 Å². The van der Waals surface area contributed by atoms with Gasteiger partial charge in [-0.3, -0.25) is 9.89 Å². The first-order valence-electron chi connectivity index (χ1n) is 8.92. The summed E-state index contributed by atoms with van der Waals surface area (Å²) in [7, 11) is 1.95. The Bertz CT molecular complexity index is 955. The second-order valence-electron chi connectivity index (χ2n) is 6.68. The first-order valence-corrected chi connectivity index (χ1v) is 8.92. The van der Waals surface area contributed by atoms with Crippen molar-refractivity contribution in [3.63, 3.8) is 0 Å². The Morgan fingerprint density at radius 3 is 3.04 bits per heavy atom. The quantitative estimate of drug-likeness (QED) is 0.736. The van der Waals surface area contributed by atoms with Gasteiger partial charge in [0.2, 0.25) is 0 Å². The molecule has 0 aliphatic heterocycles. The molecule has 0 fully saturated rings. The fraction of sp³-hybridized carbons (Fsp3) is 0.368. The molecule has 0 saturated carbocycles. The number of aromatic amines is 1. The largest absolute Gasteiger partial charge is 0.350 e. The zero-order valence-electron chi connectivity index (χ0n) is 15.0. The molecule has 134 valence electrons. The molecule has 0 saturated heterocycles. The predicted molar refractivity (Wildman–Crippen MR) is 97.8 cm³/mol. The van der Waals surface area contributed by atoms with E-state index in [1.165, 1.54) is 11.3 Å². The second-order valence-corrected chi connectivity index (χ2v) is 6.68. The van der Waals surface area contributed by atoms with Gasteiger partial charge in [0.15, 0.2) is 0 Å². The van der Waals surface area contributed by atoms with Crippen LogP contribution >= 0.6 is 0 Å². The van der Waals surface area contributed by atoms with Crippen molar-refractivity contribution in [2.75, 3.05) is 6.54 Å². The number of amides is 1. The maximum Gasteiger partial charge on any atom is 0.269 e. The number of carbonyl (C=O) groups is 1. The number of nitrogens with one attached hydrogen (secondary N) is 2. The fourth-order valence-electron chi connectivity index (χ4n) is 3.47. The third-order valence-electron chi connectivity index (χ3n) is 4.85. The third kappa shape index (κ3) is 3.12. The molecular formula is C19H22N6O. The first kappa shape index (κ1) is 16.5. The van der Waals surface area contributed by atoms with E-state index in [4.69, 9.17) is 0 Å². The van der Waals surface area contributed by atoms with Gasteiger partial charge < -0.3 is 9.88 Å². The highest BCUT2D eigenvalue weighted by Gasteiger charge is 2.17. The van der Waals surface area contributed by atoms with Crippen LogP contribution in [0.25, 0.3) is 11.4 Å². The molecule has 26 heavy (non-hydrogen) atoms. The summed E-state index contributed by atoms with van der Waals surface area (Å²) in [6, 6.07) is 5.68. The maximum atomic E-state index is 12.3. The Morgan fingerprint density at radius 1 is 1.35 bits per heavy atom. The lowest BCUT2D eigenvalue weighted by Gasteiger charge is -2.07. The number of carbonyl (C=O) groups excluding carboxylic acids is 1. The van der Waals surface area contributed by atoms with E-state index in [0.29, 0.717) is 18.7 Å². The Kier molecular flexibility index (Phi) is 4.28. The minimum atomic E-state index is -0.171. The molecule has 3 aromatic heterocycles. The average Bonchev–Trinajstić information content (AvgIpc) is 3.34. The van der Waals surface area contributed by atoms with Gasteiger partial charge in [-0.25, -0.2) is 9.97 Å². The topological polar surface area (TPSA) is 88.5 Å². The molecule has 7 heteroatoms. The molecule has 4 rings (SSSR count). The number of nitrogens with zero attached hydrogens (tertiary/aromatic N) is 4. The summed E-state index contributed by atoms with van der Waals surface area (Å²) in [5.41, 5.74) is 5.73. The lowest BCUT2D eigenvalue weighted by Crippen LogP contribution is -2.26. The number of hydrogen-bond acceptors (Lipinski definition) is 4. The molecule has 0 bridgehead atoms. The molecule has 3 heterocycles. The van der Waals surface area contributed by atoms with Gasteiger partial charge in [-0.2, -0.15) is 5.10 Å². The molecule has 7 nitrogen and oxygen atoms in total. The van der Waals surface area contributed by atoms with Crippen molar-refractivity contribution in [2.45, 2.75) is 32.6 Å². The van der Waals surface area contributed by atoms with Crippen LogP contribution in [0.4, 0.5) is 0 Å². The SMILES string of the molecule is Cc1nc(CCNC(=O)c2cc(-c3cccn3C)n[nH]2)nc2c1CCC2.